The van der Waals surface area contributed by atoms with Gasteiger partial charge in [0, 0.05) is 34.3 Å². The third-order valence-corrected chi connectivity index (χ3v) is 7.79. The van der Waals surface area contributed by atoms with Crippen molar-refractivity contribution >= 4 is 32.3 Å². The minimum Gasteiger partial charge on any atom is -0.454 e. The summed E-state index contributed by atoms with van der Waals surface area (Å²) in [6.45, 7) is 2.06. The second-order valence-corrected chi connectivity index (χ2v) is 10.5. The third kappa shape index (κ3) is 4.62. The molecule has 2 N–H and O–H groups in total. The molecule has 0 aliphatic carbocycles. The maximum absolute atomic E-state index is 13.2. The van der Waals surface area contributed by atoms with E-state index >= 15 is 0 Å². The van der Waals surface area contributed by atoms with E-state index in [-0.39, 0.29) is 18.2 Å². The Kier molecular flexibility index (Phi) is 6.10. The topological polar surface area (TPSA) is 115 Å². The Labute approximate surface area is 219 Å². The van der Waals surface area contributed by atoms with Gasteiger partial charge in [0.15, 0.2) is 17.3 Å². The van der Waals surface area contributed by atoms with Crippen molar-refractivity contribution in [2.75, 3.05) is 12.1 Å². The highest BCUT2D eigenvalue weighted by atomic mass is 32.2. The van der Waals surface area contributed by atoms with Gasteiger partial charge in [-0.2, -0.15) is 0 Å². The van der Waals surface area contributed by atoms with E-state index < -0.39 is 10.0 Å². The van der Waals surface area contributed by atoms with Crippen LogP contribution in [0.5, 0.6) is 11.5 Å². The summed E-state index contributed by atoms with van der Waals surface area (Å²) >= 11 is 0. The molecule has 6 rings (SSSR count). The number of fused-ring (bicyclic) bond motifs is 2. The SMILES string of the molecule is Cc1ccc(-c2nnc(Nc3ccc4c(c3)OCO4)c3ccccc23)cc1S(=O)(=O)NCc1ccccn1. The van der Waals surface area contributed by atoms with E-state index in [2.05, 4.69) is 25.2 Å². The van der Waals surface area contributed by atoms with Crippen molar-refractivity contribution in [1.29, 1.82) is 0 Å². The highest BCUT2D eigenvalue weighted by molar-refractivity contribution is 7.89. The first-order chi connectivity index (χ1) is 18.5. The van der Waals surface area contributed by atoms with Crippen molar-refractivity contribution in [3.8, 4) is 22.8 Å². The number of sulfonamides is 1. The molecule has 9 nitrogen and oxygen atoms in total. The minimum absolute atomic E-state index is 0.0931. The van der Waals surface area contributed by atoms with E-state index in [9.17, 15) is 8.42 Å². The van der Waals surface area contributed by atoms with Crippen molar-refractivity contribution in [3.05, 3.63) is 96.3 Å². The number of ether oxygens (including phenoxy) is 2. The number of anilines is 2. The minimum atomic E-state index is -3.80. The average Bonchev–Trinajstić information content (AvgIpc) is 3.41. The van der Waals surface area contributed by atoms with Gasteiger partial charge in [0.1, 0.15) is 5.69 Å². The fraction of sp³-hybridized carbons (Fsp3) is 0.107. The van der Waals surface area contributed by atoms with Gasteiger partial charge in [-0.15, -0.1) is 10.2 Å². The predicted octanol–water partition coefficient (Wildman–Crippen LogP) is 4.95. The summed E-state index contributed by atoms with van der Waals surface area (Å²) < 4.78 is 39.9. The van der Waals surface area contributed by atoms with Crippen molar-refractivity contribution in [2.45, 2.75) is 18.4 Å². The molecule has 10 heteroatoms. The molecule has 0 spiro atoms. The van der Waals surface area contributed by atoms with E-state index in [1.165, 1.54) is 0 Å². The Morgan fingerprint density at radius 1 is 0.868 bits per heavy atom. The molecule has 1 aliphatic rings. The average molecular weight is 526 g/mol. The number of nitrogens with one attached hydrogen (secondary N) is 2. The van der Waals surface area contributed by atoms with Gasteiger partial charge in [-0.25, -0.2) is 13.1 Å². The summed E-state index contributed by atoms with van der Waals surface area (Å²) in [4.78, 5) is 4.37. The number of nitrogens with zero attached hydrogens (tertiary/aromatic N) is 3. The summed E-state index contributed by atoms with van der Waals surface area (Å²) in [5.74, 6) is 1.93. The molecule has 1 aliphatic heterocycles. The maximum atomic E-state index is 13.2. The van der Waals surface area contributed by atoms with E-state index in [0.717, 1.165) is 16.5 Å². The summed E-state index contributed by atoms with van der Waals surface area (Å²) in [7, 11) is -3.80. The normalized spacial score (nSPS) is 12.6. The molecule has 3 heterocycles. The largest absolute Gasteiger partial charge is 0.454 e. The van der Waals surface area contributed by atoms with E-state index in [1.54, 1.807) is 37.4 Å². The molecule has 38 heavy (non-hydrogen) atoms. The first kappa shape index (κ1) is 23.8. The van der Waals surface area contributed by atoms with Gasteiger partial charge in [-0.05, 0) is 42.8 Å². The van der Waals surface area contributed by atoms with Crippen LogP contribution in [0, 0.1) is 6.92 Å². The van der Waals surface area contributed by atoms with Crippen LogP contribution in [0.2, 0.25) is 0 Å². The van der Waals surface area contributed by atoms with Gasteiger partial charge < -0.3 is 14.8 Å². The predicted molar refractivity (Wildman–Crippen MR) is 144 cm³/mol. The van der Waals surface area contributed by atoms with Gasteiger partial charge in [0.2, 0.25) is 16.8 Å². The zero-order valence-corrected chi connectivity index (χ0v) is 21.2. The van der Waals surface area contributed by atoms with Crippen molar-refractivity contribution < 1.29 is 17.9 Å². The number of hydrogen-bond donors (Lipinski definition) is 2. The fourth-order valence-electron chi connectivity index (χ4n) is 4.31. The van der Waals surface area contributed by atoms with Crippen LogP contribution >= 0.6 is 0 Å². The zero-order chi connectivity index (χ0) is 26.1. The van der Waals surface area contributed by atoms with Gasteiger partial charge >= 0.3 is 0 Å². The second kappa shape index (κ2) is 9.73. The Hall–Kier alpha value is -4.54. The Balaban J connectivity index is 1.34. The Morgan fingerprint density at radius 3 is 2.53 bits per heavy atom. The molecule has 5 aromatic rings. The lowest BCUT2D eigenvalue weighted by molar-refractivity contribution is 0.174. The zero-order valence-electron chi connectivity index (χ0n) is 20.4. The summed E-state index contributed by atoms with van der Waals surface area (Å²) in [6.07, 6.45) is 1.63. The monoisotopic (exact) mass is 525 g/mol. The number of aromatic nitrogens is 3. The molecule has 0 atom stereocenters. The lowest BCUT2D eigenvalue weighted by Crippen LogP contribution is -2.24. The number of benzene rings is 3. The summed E-state index contributed by atoms with van der Waals surface area (Å²) in [6, 6.07) is 23.9. The van der Waals surface area contributed by atoms with Gasteiger partial charge in [-0.1, -0.05) is 42.5 Å². The molecule has 0 saturated heterocycles. The van der Waals surface area contributed by atoms with Crippen molar-refractivity contribution in [3.63, 3.8) is 0 Å². The van der Waals surface area contributed by atoms with Crippen LogP contribution in [-0.4, -0.2) is 30.4 Å². The molecular weight excluding hydrogens is 502 g/mol. The molecule has 0 fully saturated rings. The van der Waals surface area contributed by atoms with Gasteiger partial charge in [-0.3, -0.25) is 4.98 Å². The molecule has 0 saturated carbocycles. The van der Waals surface area contributed by atoms with E-state index in [4.69, 9.17) is 9.47 Å². The van der Waals surface area contributed by atoms with Gasteiger partial charge in [0.05, 0.1) is 17.1 Å². The summed E-state index contributed by atoms with van der Waals surface area (Å²) in [5, 5.41) is 13.9. The molecule has 0 unspecified atom stereocenters. The Morgan fingerprint density at radius 2 is 1.68 bits per heavy atom. The molecule has 190 valence electrons. The number of hydrogen-bond acceptors (Lipinski definition) is 8. The highest BCUT2D eigenvalue weighted by Crippen LogP contribution is 2.37. The third-order valence-electron chi connectivity index (χ3n) is 6.24. The number of pyridine rings is 1. The lowest BCUT2D eigenvalue weighted by Gasteiger charge is -2.14. The molecule has 2 aromatic heterocycles. The maximum Gasteiger partial charge on any atom is 0.241 e. The smallest absolute Gasteiger partial charge is 0.241 e. The molecule has 3 aromatic carbocycles. The number of aryl methyl sites for hydroxylation is 1. The Bertz CT molecular complexity index is 1760. The lowest BCUT2D eigenvalue weighted by atomic mass is 10.0. The van der Waals surface area contributed by atoms with Crippen LogP contribution in [-0.2, 0) is 16.6 Å². The van der Waals surface area contributed by atoms with Crippen molar-refractivity contribution in [1.82, 2.24) is 19.9 Å². The summed E-state index contributed by atoms with van der Waals surface area (Å²) in [5.41, 5.74) is 3.27. The highest BCUT2D eigenvalue weighted by Gasteiger charge is 2.20. The number of rotatable bonds is 7. The fourth-order valence-corrected chi connectivity index (χ4v) is 5.57. The quantitative estimate of drug-likeness (QED) is 0.307. The van der Waals surface area contributed by atoms with E-state index in [1.807, 2.05) is 54.6 Å². The standard InChI is InChI=1S/C28H23N5O4S/c1-18-9-10-19(14-26(18)38(34,35)30-16-21-6-4-5-13-29-21)27-22-7-2-3-8-23(22)28(33-32-27)31-20-11-12-24-25(15-20)37-17-36-24/h2-15,30H,16-17H2,1H3,(H,31,33). The van der Waals surface area contributed by atoms with Gasteiger partial charge in [0.25, 0.3) is 0 Å². The molecule has 0 amide bonds. The van der Waals surface area contributed by atoms with Crippen LogP contribution in [0.4, 0.5) is 11.5 Å². The second-order valence-electron chi connectivity index (χ2n) is 8.76. The molecule has 0 bridgehead atoms. The molecular formula is C28H23N5O4S. The molecule has 0 radical (unpaired) electrons. The van der Waals surface area contributed by atoms with Crippen molar-refractivity contribution in [2.24, 2.45) is 0 Å². The van der Waals surface area contributed by atoms with Crippen LogP contribution in [0.3, 0.4) is 0 Å². The van der Waals surface area contributed by atoms with E-state index in [0.29, 0.717) is 39.8 Å². The van der Waals surface area contributed by atoms with Crippen LogP contribution in [0.15, 0.2) is 90.0 Å². The van der Waals surface area contributed by atoms with Crippen LogP contribution in [0.1, 0.15) is 11.3 Å². The van der Waals surface area contributed by atoms with Crippen LogP contribution < -0.4 is 19.5 Å². The first-order valence-electron chi connectivity index (χ1n) is 11.9. The van der Waals surface area contributed by atoms with Crippen LogP contribution in [0.25, 0.3) is 22.0 Å². The first-order valence-corrected chi connectivity index (χ1v) is 13.4.